The number of carbonyl (C=O) groups is 1. The monoisotopic (exact) mass is 282 g/mol. The molecule has 0 unspecified atom stereocenters. The third kappa shape index (κ3) is 2.08. The lowest BCUT2D eigenvalue weighted by Gasteiger charge is -2.22. The molecule has 18 heavy (non-hydrogen) atoms. The molecule has 0 aromatic heterocycles. The molecule has 2 aliphatic carbocycles. The van der Waals surface area contributed by atoms with Gasteiger partial charge in [-0.3, -0.25) is 4.79 Å². The van der Waals surface area contributed by atoms with E-state index in [4.69, 9.17) is 23.2 Å². The number of rotatable bonds is 1. The molecule has 1 aromatic rings. The van der Waals surface area contributed by atoms with E-state index in [1.54, 1.807) is 0 Å². The predicted molar refractivity (Wildman–Crippen MR) is 74.7 cm³/mol. The van der Waals surface area contributed by atoms with Gasteiger partial charge in [-0.25, -0.2) is 0 Å². The number of fused-ring (bicyclic) bond motifs is 1. The van der Waals surface area contributed by atoms with Crippen molar-refractivity contribution >= 4 is 29.0 Å². The van der Waals surface area contributed by atoms with E-state index < -0.39 is 4.33 Å². The standard InChI is InChI=1S/C15H16Cl2O/c16-15(17)9-12-8-11(6-7-13(12)14(15)18)10-4-2-1-3-5-10/h6-8,10H,1-5,9H2. The Balaban J connectivity index is 1.91. The number of hydrogen-bond donors (Lipinski definition) is 0. The van der Waals surface area contributed by atoms with E-state index in [-0.39, 0.29) is 5.78 Å². The highest BCUT2D eigenvalue weighted by molar-refractivity contribution is 6.61. The average molecular weight is 283 g/mol. The van der Waals surface area contributed by atoms with Gasteiger partial charge in [-0.15, -0.1) is 0 Å². The summed E-state index contributed by atoms with van der Waals surface area (Å²) >= 11 is 12.1. The minimum absolute atomic E-state index is 0.143. The number of ketones is 1. The fourth-order valence-electron chi connectivity index (χ4n) is 3.19. The zero-order valence-electron chi connectivity index (χ0n) is 10.2. The zero-order chi connectivity index (χ0) is 12.8. The molecule has 1 nitrogen and oxygen atoms in total. The van der Waals surface area contributed by atoms with Gasteiger partial charge in [0.15, 0.2) is 10.1 Å². The number of carbonyl (C=O) groups excluding carboxylic acids is 1. The molecular weight excluding hydrogens is 267 g/mol. The van der Waals surface area contributed by atoms with Crippen molar-refractivity contribution < 1.29 is 4.79 Å². The van der Waals surface area contributed by atoms with Gasteiger partial charge in [0.25, 0.3) is 0 Å². The normalized spacial score (nSPS) is 23.1. The molecule has 3 heteroatoms. The van der Waals surface area contributed by atoms with E-state index in [1.165, 1.54) is 37.7 Å². The lowest BCUT2D eigenvalue weighted by Crippen LogP contribution is -2.20. The SMILES string of the molecule is O=C1c2ccc(C3CCCCC3)cc2CC1(Cl)Cl. The zero-order valence-corrected chi connectivity index (χ0v) is 11.7. The molecule has 0 saturated heterocycles. The smallest absolute Gasteiger partial charge is 0.199 e. The molecule has 0 radical (unpaired) electrons. The quantitative estimate of drug-likeness (QED) is 0.686. The Morgan fingerprint density at radius 1 is 1.11 bits per heavy atom. The first-order valence-corrected chi connectivity index (χ1v) is 7.39. The Labute approximate surface area is 117 Å². The van der Waals surface area contributed by atoms with Gasteiger partial charge in [-0.2, -0.15) is 0 Å². The number of alkyl halides is 2. The van der Waals surface area contributed by atoms with Crippen LogP contribution in [0, 0.1) is 0 Å². The van der Waals surface area contributed by atoms with E-state index in [0.29, 0.717) is 17.9 Å². The highest BCUT2D eigenvalue weighted by Crippen LogP contribution is 2.41. The summed E-state index contributed by atoms with van der Waals surface area (Å²) in [5, 5.41) is 0. The Kier molecular flexibility index (Phi) is 3.15. The molecule has 1 aromatic carbocycles. The van der Waals surface area contributed by atoms with Crippen LogP contribution in [0.3, 0.4) is 0 Å². The third-order valence-electron chi connectivity index (χ3n) is 4.20. The summed E-state index contributed by atoms with van der Waals surface area (Å²) in [6, 6.07) is 6.14. The van der Waals surface area contributed by atoms with Crippen LogP contribution in [0.25, 0.3) is 0 Å². The lowest BCUT2D eigenvalue weighted by atomic mass is 9.83. The summed E-state index contributed by atoms with van der Waals surface area (Å²) in [6.07, 6.45) is 6.96. The summed E-state index contributed by atoms with van der Waals surface area (Å²) in [5.74, 6) is 0.510. The molecule has 3 rings (SSSR count). The maximum absolute atomic E-state index is 11.9. The summed E-state index contributed by atoms with van der Waals surface area (Å²) < 4.78 is -1.24. The van der Waals surface area contributed by atoms with E-state index in [9.17, 15) is 4.79 Å². The van der Waals surface area contributed by atoms with Crippen molar-refractivity contribution in [1.82, 2.24) is 0 Å². The Morgan fingerprint density at radius 3 is 2.56 bits per heavy atom. The van der Waals surface area contributed by atoms with Gasteiger partial charge in [-0.1, -0.05) is 60.7 Å². The van der Waals surface area contributed by atoms with Gasteiger partial charge in [0.2, 0.25) is 0 Å². The van der Waals surface area contributed by atoms with Crippen molar-refractivity contribution in [3.63, 3.8) is 0 Å². The average Bonchev–Trinajstić information content (AvgIpc) is 2.60. The lowest BCUT2D eigenvalue weighted by molar-refractivity contribution is 0.0985. The molecule has 0 heterocycles. The van der Waals surface area contributed by atoms with Gasteiger partial charge in [0, 0.05) is 12.0 Å². The van der Waals surface area contributed by atoms with Crippen LogP contribution >= 0.6 is 23.2 Å². The second-order valence-corrected chi connectivity index (χ2v) is 6.95. The molecule has 96 valence electrons. The van der Waals surface area contributed by atoms with E-state index in [2.05, 4.69) is 12.1 Å². The Bertz CT molecular complexity index is 487. The number of halogens is 2. The molecule has 0 bridgehead atoms. The second kappa shape index (κ2) is 4.54. The van der Waals surface area contributed by atoms with Crippen molar-refractivity contribution in [2.24, 2.45) is 0 Å². The van der Waals surface area contributed by atoms with Crippen LogP contribution in [-0.4, -0.2) is 10.1 Å². The van der Waals surface area contributed by atoms with Gasteiger partial charge in [0.1, 0.15) is 0 Å². The fraction of sp³-hybridized carbons (Fsp3) is 0.533. The van der Waals surface area contributed by atoms with Gasteiger partial charge in [0.05, 0.1) is 0 Å². The van der Waals surface area contributed by atoms with Crippen molar-refractivity contribution in [3.8, 4) is 0 Å². The van der Waals surface area contributed by atoms with E-state index in [0.717, 1.165) is 5.56 Å². The van der Waals surface area contributed by atoms with Gasteiger partial charge < -0.3 is 0 Å². The third-order valence-corrected chi connectivity index (χ3v) is 4.81. The molecule has 0 spiro atoms. The van der Waals surface area contributed by atoms with Crippen LogP contribution in [0.1, 0.15) is 59.5 Å². The largest absolute Gasteiger partial charge is 0.291 e. The maximum Gasteiger partial charge on any atom is 0.199 e. The van der Waals surface area contributed by atoms with Crippen molar-refractivity contribution in [1.29, 1.82) is 0 Å². The minimum atomic E-state index is -1.24. The molecule has 1 fully saturated rings. The molecule has 0 amide bonds. The molecule has 2 aliphatic rings. The Hall–Kier alpha value is -0.530. The van der Waals surface area contributed by atoms with Crippen LogP contribution in [0.4, 0.5) is 0 Å². The molecule has 0 atom stereocenters. The highest BCUT2D eigenvalue weighted by Gasteiger charge is 2.42. The first-order valence-electron chi connectivity index (χ1n) is 6.63. The summed E-state index contributed by atoms with van der Waals surface area (Å²) in [6.45, 7) is 0. The topological polar surface area (TPSA) is 17.1 Å². The molecule has 1 saturated carbocycles. The van der Waals surface area contributed by atoms with E-state index in [1.807, 2.05) is 6.07 Å². The number of hydrogen-bond acceptors (Lipinski definition) is 1. The first kappa shape index (κ1) is 12.5. The highest BCUT2D eigenvalue weighted by atomic mass is 35.5. The van der Waals surface area contributed by atoms with Crippen molar-refractivity contribution in [2.45, 2.75) is 48.8 Å². The number of benzene rings is 1. The first-order chi connectivity index (χ1) is 8.58. The minimum Gasteiger partial charge on any atom is -0.291 e. The number of Topliss-reactive ketones (excluding diaryl/α,β-unsaturated/α-hetero) is 1. The van der Waals surface area contributed by atoms with Crippen LogP contribution in [0.5, 0.6) is 0 Å². The van der Waals surface area contributed by atoms with Crippen LogP contribution in [0.15, 0.2) is 18.2 Å². The second-order valence-electron chi connectivity index (χ2n) is 5.46. The van der Waals surface area contributed by atoms with Gasteiger partial charge in [-0.05, 0) is 29.9 Å². The molecule has 0 aliphatic heterocycles. The summed E-state index contributed by atoms with van der Waals surface area (Å²) in [5.41, 5.74) is 3.08. The maximum atomic E-state index is 11.9. The molecule has 0 N–H and O–H groups in total. The van der Waals surface area contributed by atoms with Crippen LogP contribution < -0.4 is 0 Å². The molecular formula is C15H16Cl2O. The fourth-order valence-corrected chi connectivity index (χ4v) is 3.68. The summed E-state index contributed by atoms with van der Waals surface area (Å²) in [4.78, 5) is 11.9. The predicted octanol–water partition coefficient (Wildman–Crippen LogP) is 4.65. The van der Waals surface area contributed by atoms with Crippen LogP contribution in [-0.2, 0) is 6.42 Å². The van der Waals surface area contributed by atoms with Crippen molar-refractivity contribution in [2.75, 3.05) is 0 Å². The van der Waals surface area contributed by atoms with Gasteiger partial charge >= 0.3 is 0 Å². The van der Waals surface area contributed by atoms with E-state index >= 15 is 0 Å². The Morgan fingerprint density at radius 2 is 1.83 bits per heavy atom. The van der Waals surface area contributed by atoms with Crippen molar-refractivity contribution in [3.05, 3.63) is 34.9 Å². The van der Waals surface area contributed by atoms with Crippen LogP contribution in [0.2, 0.25) is 0 Å². The summed E-state index contributed by atoms with van der Waals surface area (Å²) in [7, 11) is 0.